The molecule has 0 atom stereocenters. The summed E-state index contributed by atoms with van der Waals surface area (Å²) in [5, 5.41) is 10.00. The zero-order valence-electron chi connectivity index (χ0n) is 15.1. The highest BCUT2D eigenvalue weighted by Gasteiger charge is 2.22. The number of benzene rings is 2. The first-order chi connectivity index (χ1) is 13.4. The third kappa shape index (κ3) is 5.59. The van der Waals surface area contributed by atoms with Gasteiger partial charge in [0.2, 0.25) is 0 Å². The van der Waals surface area contributed by atoms with Crippen LogP contribution in [0.4, 0.5) is 0 Å². The molecule has 0 bridgehead atoms. The van der Waals surface area contributed by atoms with Crippen LogP contribution in [-0.2, 0) is 11.3 Å². The number of rotatable bonds is 6. The minimum Gasteiger partial charge on any atom is -0.483 e. The summed E-state index contributed by atoms with van der Waals surface area (Å²) in [6.45, 7) is 3.44. The van der Waals surface area contributed by atoms with Crippen molar-refractivity contribution in [3.05, 3.63) is 62.2 Å². The summed E-state index contributed by atoms with van der Waals surface area (Å²) in [4.78, 5) is 27.8. The second-order valence-corrected chi connectivity index (χ2v) is 8.20. The van der Waals surface area contributed by atoms with Gasteiger partial charge in [-0.3, -0.25) is 9.69 Å². The van der Waals surface area contributed by atoms with Gasteiger partial charge in [0.25, 0.3) is 5.91 Å². The Kier molecular flexibility index (Phi) is 7.14. The van der Waals surface area contributed by atoms with Gasteiger partial charge >= 0.3 is 5.97 Å². The largest absolute Gasteiger partial charge is 0.483 e. The predicted molar refractivity (Wildman–Crippen MR) is 115 cm³/mol. The maximum atomic E-state index is 12.4. The molecule has 1 aliphatic rings. The van der Waals surface area contributed by atoms with Gasteiger partial charge in [0.15, 0.2) is 6.61 Å². The van der Waals surface area contributed by atoms with Gasteiger partial charge in [-0.25, -0.2) is 4.79 Å². The molecule has 1 amide bonds. The summed E-state index contributed by atoms with van der Waals surface area (Å²) in [5.41, 5.74) is 1.25. The molecule has 0 unspecified atom stereocenters. The smallest absolute Gasteiger partial charge is 0.339 e. The Morgan fingerprint density at radius 1 is 1.07 bits per heavy atom. The second kappa shape index (κ2) is 9.58. The maximum Gasteiger partial charge on any atom is 0.339 e. The molecule has 0 aliphatic carbocycles. The number of ether oxygens (including phenoxy) is 1. The van der Waals surface area contributed by atoms with E-state index in [4.69, 9.17) is 16.3 Å². The molecule has 1 aliphatic heterocycles. The summed E-state index contributed by atoms with van der Waals surface area (Å²) in [6, 6.07) is 12.6. The van der Waals surface area contributed by atoms with Crippen molar-refractivity contribution >= 4 is 46.1 Å². The van der Waals surface area contributed by atoms with Crippen molar-refractivity contribution in [1.82, 2.24) is 9.80 Å². The Morgan fingerprint density at radius 2 is 1.75 bits per heavy atom. The molecule has 1 N–H and O–H groups in total. The van der Waals surface area contributed by atoms with Crippen LogP contribution in [0.2, 0.25) is 5.02 Å². The average molecular weight is 515 g/mol. The Hall–Kier alpha value is -1.84. The first kappa shape index (κ1) is 20.9. The van der Waals surface area contributed by atoms with Crippen molar-refractivity contribution in [3.8, 4) is 5.75 Å². The minimum atomic E-state index is -1.07. The van der Waals surface area contributed by atoms with Crippen molar-refractivity contribution in [2.45, 2.75) is 6.54 Å². The fourth-order valence-corrected chi connectivity index (χ4v) is 3.65. The lowest BCUT2D eigenvalue weighted by Gasteiger charge is -2.34. The molecular formula is C20H20ClIN2O4. The average Bonchev–Trinajstić information content (AvgIpc) is 2.69. The lowest BCUT2D eigenvalue weighted by atomic mass is 10.2. The number of aromatic carboxylic acids is 1. The van der Waals surface area contributed by atoms with Crippen LogP contribution in [0.25, 0.3) is 0 Å². The first-order valence-electron chi connectivity index (χ1n) is 8.82. The van der Waals surface area contributed by atoms with Crippen molar-refractivity contribution in [2.75, 3.05) is 32.8 Å². The molecule has 1 fully saturated rings. The highest BCUT2D eigenvalue weighted by molar-refractivity contribution is 14.1. The number of carboxylic acid groups (broad SMARTS) is 1. The van der Waals surface area contributed by atoms with Gasteiger partial charge in [0.05, 0.1) is 0 Å². The molecule has 0 aromatic heterocycles. The topological polar surface area (TPSA) is 70.1 Å². The minimum absolute atomic E-state index is 0.0625. The molecule has 148 valence electrons. The van der Waals surface area contributed by atoms with Crippen LogP contribution >= 0.6 is 34.2 Å². The molecule has 2 aromatic rings. The zero-order chi connectivity index (χ0) is 20.1. The SMILES string of the molecule is O=C(O)c1cc(I)ccc1OCC(=O)N1CCN(Cc2ccc(Cl)cc2)CC1. The van der Waals surface area contributed by atoms with Crippen molar-refractivity contribution in [1.29, 1.82) is 0 Å². The highest BCUT2D eigenvalue weighted by atomic mass is 127. The Bertz CT molecular complexity index is 852. The molecular weight excluding hydrogens is 495 g/mol. The van der Waals surface area contributed by atoms with Gasteiger partial charge in [0, 0.05) is 41.3 Å². The van der Waals surface area contributed by atoms with E-state index in [9.17, 15) is 14.7 Å². The summed E-state index contributed by atoms with van der Waals surface area (Å²) < 4.78 is 6.30. The van der Waals surface area contributed by atoms with E-state index in [0.29, 0.717) is 13.1 Å². The number of carboxylic acids is 1. The highest BCUT2D eigenvalue weighted by Crippen LogP contribution is 2.21. The number of halogens is 2. The van der Waals surface area contributed by atoms with E-state index < -0.39 is 5.97 Å². The van der Waals surface area contributed by atoms with Crippen LogP contribution in [0.1, 0.15) is 15.9 Å². The van der Waals surface area contributed by atoms with E-state index in [1.165, 1.54) is 11.6 Å². The fourth-order valence-electron chi connectivity index (χ4n) is 3.03. The fraction of sp³-hybridized carbons (Fsp3) is 0.300. The first-order valence-corrected chi connectivity index (χ1v) is 10.3. The number of piperazine rings is 1. The maximum absolute atomic E-state index is 12.4. The van der Waals surface area contributed by atoms with Gasteiger partial charge in [-0.15, -0.1) is 0 Å². The summed E-state index contributed by atoms with van der Waals surface area (Å²) >= 11 is 7.95. The van der Waals surface area contributed by atoms with E-state index in [0.717, 1.165) is 28.2 Å². The number of carbonyl (C=O) groups is 2. The molecule has 28 heavy (non-hydrogen) atoms. The summed E-state index contributed by atoms with van der Waals surface area (Å²) in [7, 11) is 0. The molecule has 3 rings (SSSR count). The third-order valence-electron chi connectivity index (χ3n) is 4.57. The van der Waals surface area contributed by atoms with Crippen LogP contribution in [0, 0.1) is 3.57 Å². The Labute approximate surface area is 182 Å². The number of carbonyl (C=O) groups excluding carboxylic acids is 1. The zero-order valence-corrected chi connectivity index (χ0v) is 18.0. The standard InChI is InChI=1S/C20H20ClIN2O4/c21-15-3-1-14(2-4-15)12-23-7-9-24(10-8-23)19(25)13-28-18-6-5-16(22)11-17(18)20(26)27/h1-6,11H,7-10,12-13H2,(H,26,27). The van der Waals surface area contributed by atoms with Crippen LogP contribution in [0.3, 0.4) is 0 Å². The molecule has 0 saturated carbocycles. The number of amides is 1. The van der Waals surface area contributed by atoms with Crippen molar-refractivity contribution in [2.24, 2.45) is 0 Å². The second-order valence-electron chi connectivity index (χ2n) is 6.52. The molecule has 6 nitrogen and oxygen atoms in total. The molecule has 8 heteroatoms. The third-order valence-corrected chi connectivity index (χ3v) is 5.49. The van der Waals surface area contributed by atoms with Crippen LogP contribution in [-0.4, -0.2) is 59.6 Å². The molecule has 2 aromatic carbocycles. The van der Waals surface area contributed by atoms with E-state index in [1.807, 2.05) is 46.9 Å². The lowest BCUT2D eigenvalue weighted by Crippen LogP contribution is -2.49. The monoisotopic (exact) mass is 514 g/mol. The van der Waals surface area contributed by atoms with Gasteiger partial charge in [-0.2, -0.15) is 0 Å². The summed E-state index contributed by atoms with van der Waals surface area (Å²) in [6.07, 6.45) is 0. The Balaban J connectivity index is 1.49. The van der Waals surface area contributed by atoms with Crippen molar-refractivity contribution < 1.29 is 19.4 Å². The quantitative estimate of drug-likeness (QED) is 0.599. The lowest BCUT2D eigenvalue weighted by molar-refractivity contribution is -0.135. The van der Waals surface area contributed by atoms with Gasteiger partial charge in [0.1, 0.15) is 11.3 Å². The van der Waals surface area contributed by atoms with E-state index in [-0.39, 0.29) is 23.8 Å². The molecule has 1 heterocycles. The molecule has 0 radical (unpaired) electrons. The number of hydrogen-bond acceptors (Lipinski definition) is 4. The normalized spacial score (nSPS) is 14.7. The van der Waals surface area contributed by atoms with E-state index in [1.54, 1.807) is 17.0 Å². The van der Waals surface area contributed by atoms with Crippen LogP contribution in [0.5, 0.6) is 5.75 Å². The number of nitrogens with zero attached hydrogens (tertiary/aromatic N) is 2. The van der Waals surface area contributed by atoms with Gasteiger partial charge < -0.3 is 14.7 Å². The molecule has 1 saturated heterocycles. The van der Waals surface area contributed by atoms with Crippen LogP contribution in [0.15, 0.2) is 42.5 Å². The molecule has 0 spiro atoms. The predicted octanol–water partition coefficient (Wildman–Crippen LogP) is 3.37. The van der Waals surface area contributed by atoms with Gasteiger partial charge in [-0.05, 0) is 58.5 Å². The number of hydrogen-bond donors (Lipinski definition) is 1. The van der Waals surface area contributed by atoms with E-state index >= 15 is 0 Å². The van der Waals surface area contributed by atoms with E-state index in [2.05, 4.69) is 4.90 Å². The van der Waals surface area contributed by atoms with Crippen molar-refractivity contribution in [3.63, 3.8) is 0 Å². The summed E-state index contributed by atoms with van der Waals surface area (Å²) in [5.74, 6) is -1.000. The van der Waals surface area contributed by atoms with Crippen LogP contribution < -0.4 is 4.74 Å². The van der Waals surface area contributed by atoms with Gasteiger partial charge in [-0.1, -0.05) is 23.7 Å². The Morgan fingerprint density at radius 3 is 2.39 bits per heavy atom.